The quantitative estimate of drug-likeness (QED) is 0.312. The van der Waals surface area contributed by atoms with E-state index in [0.29, 0.717) is 5.92 Å². The molecule has 0 aliphatic heterocycles. The van der Waals surface area contributed by atoms with Gasteiger partial charge >= 0.3 is 6.36 Å². The third kappa shape index (κ3) is 8.38. The van der Waals surface area contributed by atoms with E-state index in [4.69, 9.17) is 0 Å². The Hall–Kier alpha value is -2.87. The maximum Gasteiger partial charge on any atom is 0.573 e. The van der Waals surface area contributed by atoms with E-state index < -0.39 is 37.6 Å². The highest BCUT2D eigenvalue weighted by Crippen LogP contribution is 2.33. The van der Waals surface area contributed by atoms with Crippen LogP contribution >= 0.6 is 0 Å². The first-order valence-corrected chi connectivity index (χ1v) is 12.9. The van der Waals surface area contributed by atoms with Crippen molar-refractivity contribution in [2.24, 2.45) is 0 Å². The Morgan fingerprint density at radius 3 is 1.91 bits per heavy atom. The number of hydrogen-bond donors (Lipinski definition) is 0. The summed E-state index contributed by atoms with van der Waals surface area (Å²) in [5.74, 6) is -1.37. The van der Waals surface area contributed by atoms with Crippen molar-refractivity contribution in [2.45, 2.75) is 70.0 Å². The lowest BCUT2D eigenvalue weighted by atomic mass is 9.99. The summed E-state index contributed by atoms with van der Waals surface area (Å²) in [5.41, 5.74) is 2.09. The second kappa shape index (κ2) is 13.3. The minimum atomic E-state index is -4.99. The van der Waals surface area contributed by atoms with Gasteiger partial charge in [0, 0.05) is 0 Å². The second-order valence-electron chi connectivity index (χ2n) is 7.32. The van der Waals surface area contributed by atoms with Gasteiger partial charge in [0.1, 0.15) is 16.5 Å². The molecule has 35 heavy (non-hydrogen) atoms. The standard InChI is InChI=1S/C23H20F4O3S.2C2H6/c1-15(2)17-9-7-16(8-10-17)13-18-11-12-19(30-23(25,26)27)14-22(18)31(28,29)21-6-4-3-5-20(21)24;2*1-2/h3-12,14-15H,13H2,1-2H3;2*1-2H3. The molecule has 3 nitrogen and oxygen atoms in total. The van der Waals surface area contributed by atoms with E-state index in [1.54, 1.807) is 0 Å². The summed E-state index contributed by atoms with van der Waals surface area (Å²) in [6.07, 6.45) is -4.86. The van der Waals surface area contributed by atoms with Gasteiger partial charge in [-0.15, -0.1) is 13.2 Å². The van der Waals surface area contributed by atoms with E-state index >= 15 is 0 Å². The van der Waals surface area contributed by atoms with Crippen molar-refractivity contribution in [1.29, 1.82) is 0 Å². The molecule has 0 radical (unpaired) electrons. The average molecular weight is 513 g/mol. The van der Waals surface area contributed by atoms with E-state index in [-0.39, 0.29) is 12.0 Å². The van der Waals surface area contributed by atoms with Crippen LogP contribution in [0, 0.1) is 5.82 Å². The molecule has 0 saturated carbocycles. The molecule has 0 aromatic heterocycles. The van der Waals surface area contributed by atoms with E-state index in [1.807, 2.05) is 65.8 Å². The lowest BCUT2D eigenvalue weighted by molar-refractivity contribution is -0.274. The highest BCUT2D eigenvalue weighted by molar-refractivity contribution is 7.91. The van der Waals surface area contributed by atoms with Crippen molar-refractivity contribution < 1.29 is 30.7 Å². The normalized spacial score (nSPS) is 11.2. The van der Waals surface area contributed by atoms with Crippen molar-refractivity contribution in [2.75, 3.05) is 0 Å². The van der Waals surface area contributed by atoms with Crippen LogP contribution in [0.3, 0.4) is 0 Å². The molecule has 3 aromatic rings. The monoisotopic (exact) mass is 512 g/mol. The first-order chi connectivity index (χ1) is 16.5. The number of sulfone groups is 1. The summed E-state index contributed by atoms with van der Waals surface area (Å²) in [6.45, 7) is 12.1. The minimum Gasteiger partial charge on any atom is -0.406 e. The van der Waals surface area contributed by atoms with Gasteiger partial charge in [0.05, 0.1) is 4.90 Å². The van der Waals surface area contributed by atoms with Crippen molar-refractivity contribution in [1.82, 2.24) is 0 Å². The zero-order valence-electron chi connectivity index (χ0n) is 20.8. The fourth-order valence-electron chi connectivity index (χ4n) is 3.15. The Morgan fingerprint density at radius 2 is 1.40 bits per heavy atom. The highest BCUT2D eigenvalue weighted by atomic mass is 32.2. The zero-order valence-corrected chi connectivity index (χ0v) is 21.6. The maximum absolute atomic E-state index is 14.2. The maximum atomic E-state index is 14.2. The van der Waals surface area contributed by atoms with Crippen molar-refractivity contribution in [3.63, 3.8) is 0 Å². The number of alkyl halides is 3. The molecule has 0 spiro atoms. The Balaban J connectivity index is 0.00000145. The van der Waals surface area contributed by atoms with Gasteiger partial charge in [-0.2, -0.15) is 0 Å². The Kier molecular flexibility index (Phi) is 11.4. The van der Waals surface area contributed by atoms with Crippen LogP contribution in [0.4, 0.5) is 17.6 Å². The lowest BCUT2D eigenvalue weighted by Crippen LogP contribution is -2.18. The lowest BCUT2D eigenvalue weighted by Gasteiger charge is -2.15. The molecule has 0 unspecified atom stereocenters. The molecule has 0 saturated heterocycles. The highest BCUT2D eigenvalue weighted by Gasteiger charge is 2.32. The predicted octanol–water partition coefficient (Wildman–Crippen LogP) is 8.32. The fourth-order valence-corrected chi connectivity index (χ4v) is 4.73. The summed E-state index contributed by atoms with van der Waals surface area (Å²) in [4.78, 5) is -1.05. The SMILES string of the molecule is CC.CC.CC(C)c1ccc(Cc2ccc(OC(F)(F)F)cc2S(=O)(=O)c2ccccc2F)cc1. The molecule has 3 aromatic carbocycles. The first-order valence-electron chi connectivity index (χ1n) is 11.4. The van der Waals surface area contributed by atoms with Gasteiger partial charge in [0.15, 0.2) is 0 Å². The number of hydrogen-bond acceptors (Lipinski definition) is 3. The molecule has 0 atom stereocenters. The first kappa shape index (κ1) is 30.2. The number of ether oxygens (including phenoxy) is 1. The summed E-state index contributed by atoms with van der Waals surface area (Å²) < 4.78 is 82.4. The van der Waals surface area contributed by atoms with Crippen molar-refractivity contribution >= 4 is 9.84 Å². The van der Waals surface area contributed by atoms with Gasteiger partial charge in [-0.05, 0) is 53.3 Å². The molecule has 0 aliphatic rings. The molecule has 0 bridgehead atoms. The third-order valence-electron chi connectivity index (χ3n) is 4.73. The number of benzene rings is 3. The molecule has 8 heteroatoms. The van der Waals surface area contributed by atoms with Gasteiger partial charge in [-0.1, -0.05) is 84.0 Å². The van der Waals surface area contributed by atoms with Gasteiger partial charge < -0.3 is 4.74 Å². The zero-order chi connectivity index (χ0) is 26.8. The van der Waals surface area contributed by atoms with Crippen LogP contribution in [0.25, 0.3) is 0 Å². The second-order valence-corrected chi connectivity index (χ2v) is 9.21. The third-order valence-corrected chi connectivity index (χ3v) is 6.60. The van der Waals surface area contributed by atoms with E-state index in [2.05, 4.69) is 4.74 Å². The number of halogens is 4. The average Bonchev–Trinajstić information content (AvgIpc) is 2.82. The molecular formula is C27H32F4O3S. The Bertz CT molecular complexity index is 1170. The van der Waals surface area contributed by atoms with Crippen molar-refractivity contribution in [3.8, 4) is 5.75 Å². The van der Waals surface area contributed by atoms with Crippen LogP contribution in [0.5, 0.6) is 5.75 Å². The summed E-state index contributed by atoms with van der Waals surface area (Å²) in [5, 5.41) is 0. The molecule has 0 aliphatic carbocycles. The van der Waals surface area contributed by atoms with Crippen LogP contribution < -0.4 is 4.74 Å². The van der Waals surface area contributed by atoms with E-state index in [9.17, 15) is 26.0 Å². The topological polar surface area (TPSA) is 43.4 Å². The van der Waals surface area contributed by atoms with Gasteiger partial charge in [0.25, 0.3) is 0 Å². The summed E-state index contributed by atoms with van der Waals surface area (Å²) in [7, 11) is -4.44. The molecular weight excluding hydrogens is 480 g/mol. The van der Waals surface area contributed by atoms with Crippen LogP contribution in [-0.4, -0.2) is 14.8 Å². The number of rotatable bonds is 6. The molecule has 0 fully saturated rings. The fraction of sp³-hybridized carbons (Fsp3) is 0.333. The van der Waals surface area contributed by atoms with Crippen LogP contribution in [0.15, 0.2) is 76.5 Å². The molecule has 3 rings (SSSR count). The largest absolute Gasteiger partial charge is 0.573 e. The molecule has 0 heterocycles. The van der Waals surface area contributed by atoms with Crippen LogP contribution in [0.1, 0.15) is 64.2 Å². The van der Waals surface area contributed by atoms with Crippen LogP contribution in [0.2, 0.25) is 0 Å². The predicted molar refractivity (Wildman–Crippen MR) is 131 cm³/mol. The molecule has 0 amide bonds. The van der Waals surface area contributed by atoms with E-state index in [1.165, 1.54) is 18.2 Å². The van der Waals surface area contributed by atoms with Gasteiger partial charge in [0.2, 0.25) is 9.84 Å². The molecule has 0 N–H and O–H groups in total. The minimum absolute atomic E-state index is 0.133. The van der Waals surface area contributed by atoms with Gasteiger partial charge in [-0.25, -0.2) is 12.8 Å². The summed E-state index contributed by atoms with van der Waals surface area (Å²) >= 11 is 0. The summed E-state index contributed by atoms with van der Waals surface area (Å²) in [6, 6.07) is 15.3. The smallest absolute Gasteiger partial charge is 0.406 e. The van der Waals surface area contributed by atoms with E-state index in [0.717, 1.165) is 35.4 Å². The van der Waals surface area contributed by atoms with Gasteiger partial charge in [-0.3, -0.25) is 0 Å². The van der Waals surface area contributed by atoms with Crippen LogP contribution in [-0.2, 0) is 16.3 Å². The van der Waals surface area contributed by atoms with Crippen molar-refractivity contribution in [3.05, 3.63) is 89.2 Å². The Morgan fingerprint density at radius 1 is 0.829 bits per heavy atom. The molecule has 192 valence electrons. The Labute approximate surface area is 205 Å².